The van der Waals surface area contributed by atoms with Gasteiger partial charge in [-0.25, -0.2) is 9.38 Å². The summed E-state index contributed by atoms with van der Waals surface area (Å²) in [7, 11) is 1.91. The first-order chi connectivity index (χ1) is 12.3. The van der Waals surface area contributed by atoms with E-state index in [9.17, 15) is 4.39 Å². The van der Waals surface area contributed by atoms with Crippen LogP contribution in [0.1, 0.15) is 31.1 Å². The van der Waals surface area contributed by atoms with Gasteiger partial charge in [0.05, 0.1) is 0 Å². The molecule has 1 aromatic carbocycles. The van der Waals surface area contributed by atoms with Gasteiger partial charge in [-0.3, -0.25) is 0 Å². The van der Waals surface area contributed by atoms with Gasteiger partial charge in [-0.1, -0.05) is 32.1 Å². The summed E-state index contributed by atoms with van der Waals surface area (Å²) in [5.41, 5.74) is 0.664. The number of aliphatic imine (C=N–C) groups is 1. The molecule has 6 nitrogen and oxygen atoms in total. The predicted octanol–water partition coefficient (Wildman–Crippen LogP) is 2.46. The van der Waals surface area contributed by atoms with E-state index in [1.165, 1.54) is 6.07 Å². The molecule has 0 unspecified atom stereocenters. The highest BCUT2D eigenvalue weighted by Crippen LogP contribution is 2.22. The second kappa shape index (κ2) is 8.60. The first kappa shape index (κ1) is 19.6. The zero-order valence-electron chi connectivity index (χ0n) is 15.9. The summed E-state index contributed by atoms with van der Waals surface area (Å²) in [5, 5.41) is 14.7. The first-order valence-corrected chi connectivity index (χ1v) is 8.57. The number of halogens is 1. The van der Waals surface area contributed by atoms with E-state index in [1.807, 2.05) is 24.6 Å². The largest absolute Gasteiger partial charge is 0.356 e. The molecular weight excluding hydrogens is 331 g/mol. The highest BCUT2D eigenvalue weighted by Gasteiger charge is 2.21. The second-order valence-corrected chi connectivity index (χ2v) is 6.80. The molecule has 0 saturated carbocycles. The SMILES string of the molecule is C=CCNC(=NCc1nnc(C)n1C)NCC(C)(C)c1cccc(F)c1. The van der Waals surface area contributed by atoms with Gasteiger partial charge in [0, 0.05) is 25.6 Å². The molecule has 0 aliphatic carbocycles. The predicted molar refractivity (Wildman–Crippen MR) is 103 cm³/mol. The standard InChI is InChI=1S/C19H27FN6/c1-6-10-21-18(22-12-17-25-24-14(2)26(17)5)23-13-19(3,4)15-8-7-9-16(20)11-15/h6-9,11H,1,10,12-13H2,2-5H3,(H2,21,22,23). The Morgan fingerprint density at radius 1 is 1.35 bits per heavy atom. The molecule has 0 spiro atoms. The molecule has 2 rings (SSSR count). The van der Waals surface area contributed by atoms with Gasteiger partial charge in [0.1, 0.15) is 18.2 Å². The molecule has 2 N–H and O–H groups in total. The van der Waals surface area contributed by atoms with Crippen LogP contribution in [0.4, 0.5) is 4.39 Å². The van der Waals surface area contributed by atoms with Crippen molar-refractivity contribution in [3.63, 3.8) is 0 Å². The number of benzene rings is 1. The summed E-state index contributed by atoms with van der Waals surface area (Å²) < 4.78 is 15.4. The fraction of sp³-hybridized carbons (Fsp3) is 0.421. The average molecular weight is 358 g/mol. The molecule has 0 fully saturated rings. The maximum atomic E-state index is 13.5. The normalized spacial score (nSPS) is 12.1. The summed E-state index contributed by atoms with van der Waals surface area (Å²) >= 11 is 0. The Bertz CT molecular complexity index is 778. The van der Waals surface area contributed by atoms with Crippen LogP contribution in [0.3, 0.4) is 0 Å². The summed E-state index contributed by atoms with van der Waals surface area (Å²) in [5.74, 6) is 2.05. The van der Waals surface area contributed by atoms with Crippen LogP contribution in [0.5, 0.6) is 0 Å². The van der Waals surface area contributed by atoms with Crippen molar-refractivity contribution < 1.29 is 4.39 Å². The van der Waals surface area contributed by atoms with Gasteiger partial charge in [-0.2, -0.15) is 0 Å². The number of guanidine groups is 1. The van der Waals surface area contributed by atoms with E-state index < -0.39 is 0 Å². The zero-order chi connectivity index (χ0) is 19.2. The van der Waals surface area contributed by atoms with Crippen molar-refractivity contribution in [3.05, 3.63) is 59.9 Å². The first-order valence-electron chi connectivity index (χ1n) is 8.57. The minimum atomic E-state index is -0.264. The van der Waals surface area contributed by atoms with E-state index in [1.54, 1.807) is 18.2 Å². The van der Waals surface area contributed by atoms with Crippen LogP contribution in [0.15, 0.2) is 41.9 Å². The third kappa shape index (κ3) is 5.15. The maximum absolute atomic E-state index is 13.5. The number of aromatic nitrogens is 3. The second-order valence-electron chi connectivity index (χ2n) is 6.80. The van der Waals surface area contributed by atoms with E-state index >= 15 is 0 Å². The molecule has 26 heavy (non-hydrogen) atoms. The fourth-order valence-electron chi connectivity index (χ4n) is 2.40. The van der Waals surface area contributed by atoms with Crippen LogP contribution in [0, 0.1) is 12.7 Å². The minimum Gasteiger partial charge on any atom is -0.356 e. The van der Waals surface area contributed by atoms with Crippen molar-refractivity contribution in [1.82, 2.24) is 25.4 Å². The van der Waals surface area contributed by atoms with Gasteiger partial charge in [0.2, 0.25) is 0 Å². The lowest BCUT2D eigenvalue weighted by molar-refractivity contribution is 0.503. The number of rotatable bonds is 7. The molecule has 0 aliphatic rings. The van der Waals surface area contributed by atoms with Crippen molar-refractivity contribution in [3.8, 4) is 0 Å². The summed E-state index contributed by atoms with van der Waals surface area (Å²) in [4.78, 5) is 4.57. The zero-order valence-corrected chi connectivity index (χ0v) is 15.9. The molecule has 0 bridgehead atoms. The van der Waals surface area contributed by atoms with Crippen LogP contribution in [0.2, 0.25) is 0 Å². The number of aryl methyl sites for hydroxylation is 1. The highest BCUT2D eigenvalue weighted by molar-refractivity contribution is 5.80. The van der Waals surface area contributed by atoms with Crippen LogP contribution >= 0.6 is 0 Å². The highest BCUT2D eigenvalue weighted by atomic mass is 19.1. The third-order valence-electron chi connectivity index (χ3n) is 4.28. The van der Waals surface area contributed by atoms with Crippen molar-refractivity contribution in [2.45, 2.75) is 32.7 Å². The molecular formula is C19H27FN6. The summed E-state index contributed by atoms with van der Waals surface area (Å²) in [6.07, 6.45) is 1.77. The molecule has 0 aliphatic heterocycles. The Hall–Kier alpha value is -2.70. The number of nitrogens with one attached hydrogen (secondary N) is 2. The van der Waals surface area contributed by atoms with E-state index in [-0.39, 0.29) is 11.2 Å². The molecule has 0 atom stereocenters. The molecule has 7 heteroatoms. The third-order valence-corrected chi connectivity index (χ3v) is 4.28. The quantitative estimate of drug-likeness (QED) is 0.453. The molecule has 2 aromatic rings. The lowest BCUT2D eigenvalue weighted by Crippen LogP contribution is -2.43. The Balaban J connectivity index is 2.08. The van der Waals surface area contributed by atoms with Crippen LogP contribution in [0.25, 0.3) is 0 Å². The van der Waals surface area contributed by atoms with Crippen LogP contribution in [-0.2, 0) is 19.0 Å². The maximum Gasteiger partial charge on any atom is 0.191 e. The van der Waals surface area contributed by atoms with Gasteiger partial charge in [0.15, 0.2) is 11.8 Å². The lowest BCUT2D eigenvalue weighted by Gasteiger charge is -2.27. The molecule has 0 saturated heterocycles. The van der Waals surface area contributed by atoms with E-state index in [4.69, 9.17) is 0 Å². The lowest BCUT2D eigenvalue weighted by atomic mass is 9.84. The van der Waals surface area contributed by atoms with Crippen LogP contribution < -0.4 is 10.6 Å². The van der Waals surface area contributed by atoms with Crippen molar-refractivity contribution in [1.29, 1.82) is 0 Å². The minimum absolute atomic E-state index is 0.230. The molecule has 0 radical (unpaired) electrons. The van der Waals surface area contributed by atoms with E-state index in [0.29, 0.717) is 25.6 Å². The van der Waals surface area contributed by atoms with Gasteiger partial charge in [0.25, 0.3) is 0 Å². The smallest absolute Gasteiger partial charge is 0.191 e. The Kier molecular flexibility index (Phi) is 6.49. The Labute approximate surface area is 154 Å². The molecule has 0 amide bonds. The number of nitrogens with zero attached hydrogens (tertiary/aromatic N) is 4. The summed E-state index contributed by atoms with van der Waals surface area (Å²) in [6.45, 7) is 11.3. The summed E-state index contributed by atoms with van der Waals surface area (Å²) in [6, 6.07) is 6.68. The average Bonchev–Trinajstić information content (AvgIpc) is 2.93. The Morgan fingerprint density at radius 2 is 2.12 bits per heavy atom. The number of hydrogen-bond donors (Lipinski definition) is 2. The monoisotopic (exact) mass is 358 g/mol. The van der Waals surface area contributed by atoms with Gasteiger partial charge in [-0.05, 0) is 24.6 Å². The topological polar surface area (TPSA) is 67.1 Å². The van der Waals surface area contributed by atoms with Crippen molar-refractivity contribution in [2.75, 3.05) is 13.1 Å². The Morgan fingerprint density at radius 3 is 2.73 bits per heavy atom. The van der Waals surface area contributed by atoms with E-state index in [0.717, 1.165) is 17.2 Å². The van der Waals surface area contributed by atoms with Gasteiger partial charge in [-0.15, -0.1) is 16.8 Å². The number of hydrogen-bond acceptors (Lipinski definition) is 3. The fourth-order valence-corrected chi connectivity index (χ4v) is 2.40. The molecule has 1 aromatic heterocycles. The van der Waals surface area contributed by atoms with Gasteiger partial charge < -0.3 is 15.2 Å². The molecule has 140 valence electrons. The van der Waals surface area contributed by atoms with Crippen molar-refractivity contribution in [2.24, 2.45) is 12.0 Å². The molecule has 1 heterocycles. The van der Waals surface area contributed by atoms with Crippen molar-refractivity contribution >= 4 is 5.96 Å². The van der Waals surface area contributed by atoms with E-state index in [2.05, 4.69) is 46.2 Å². The van der Waals surface area contributed by atoms with Crippen LogP contribution in [-0.4, -0.2) is 33.8 Å². The van der Waals surface area contributed by atoms with Gasteiger partial charge >= 0.3 is 0 Å².